The van der Waals surface area contributed by atoms with Gasteiger partial charge in [-0.05, 0) is 30.7 Å². The molecule has 0 spiro atoms. The number of imide groups is 1. The first kappa shape index (κ1) is 15.7. The largest absolute Gasteiger partial charge is 0.303 e. The highest BCUT2D eigenvalue weighted by molar-refractivity contribution is 6.30. The van der Waals surface area contributed by atoms with Crippen LogP contribution in [0.2, 0.25) is 5.02 Å². The van der Waals surface area contributed by atoms with E-state index in [2.05, 4.69) is 0 Å². The molecule has 0 saturated carbocycles. The van der Waals surface area contributed by atoms with Gasteiger partial charge in [0.15, 0.2) is 0 Å². The molecule has 0 bridgehead atoms. The molecule has 112 valence electrons. The highest BCUT2D eigenvalue weighted by atomic mass is 35.5. The van der Waals surface area contributed by atoms with Crippen molar-refractivity contribution in [1.29, 1.82) is 0 Å². The second kappa shape index (κ2) is 6.85. The average molecular weight is 308 g/mol. The third kappa shape index (κ3) is 3.32. The van der Waals surface area contributed by atoms with Crippen LogP contribution in [0.15, 0.2) is 24.3 Å². The third-order valence-corrected chi connectivity index (χ3v) is 4.10. The van der Waals surface area contributed by atoms with Gasteiger partial charge in [-0.3, -0.25) is 14.5 Å². The van der Waals surface area contributed by atoms with E-state index in [1.54, 1.807) is 24.3 Å². The standard InChI is InChI=1S/C16H18ClNO3/c1-2-3-4-11(10-19)14-9-15(20)18(16(14)21)13-7-5-12(17)6-8-13/h5-8,10-11,14H,2-4,9H2,1H3. The fourth-order valence-corrected chi connectivity index (χ4v) is 2.78. The molecular formula is C16H18ClNO3. The van der Waals surface area contributed by atoms with Crippen LogP contribution < -0.4 is 4.90 Å². The van der Waals surface area contributed by atoms with Crippen LogP contribution in [0.4, 0.5) is 5.69 Å². The molecule has 2 unspecified atom stereocenters. The minimum absolute atomic E-state index is 0.106. The molecule has 21 heavy (non-hydrogen) atoms. The van der Waals surface area contributed by atoms with E-state index >= 15 is 0 Å². The summed E-state index contributed by atoms with van der Waals surface area (Å²) in [5.41, 5.74) is 0.511. The predicted molar refractivity (Wildman–Crippen MR) is 81.1 cm³/mol. The Bertz CT molecular complexity index is 541. The average Bonchev–Trinajstić information content (AvgIpc) is 2.76. The van der Waals surface area contributed by atoms with E-state index in [9.17, 15) is 14.4 Å². The van der Waals surface area contributed by atoms with Gasteiger partial charge >= 0.3 is 0 Å². The van der Waals surface area contributed by atoms with E-state index in [1.165, 1.54) is 4.90 Å². The zero-order valence-electron chi connectivity index (χ0n) is 11.9. The minimum atomic E-state index is -0.530. The zero-order valence-corrected chi connectivity index (χ0v) is 12.7. The Hall–Kier alpha value is -1.68. The van der Waals surface area contributed by atoms with Gasteiger partial charge in [-0.25, -0.2) is 0 Å². The molecule has 0 N–H and O–H groups in total. The van der Waals surface area contributed by atoms with Crippen LogP contribution in [-0.2, 0) is 14.4 Å². The molecule has 1 heterocycles. The Labute approximate surface area is 129 Å². The van der Waals surface area contributed by atoms with Crippen LogP contribution in [0.5, 0.6) is 0 Å². The fourth-order valence-electron chi connectivity index (χ4n) is 2.66. The van der Waals surface area contributed by atoms with Crippen molar-refractivity contribution in [2.75, 3.05) is 4.90 Å². The SMILES string of the molecule is CCCCC(C=O)C1CC(=O)N(c2ccc(Cl)cc2)C1=O. The number of anilines is 1. The lowest BCUT2D eigenvalue weighted by Gasteiger charge is -2.18. The van der Waals surface area contributed by atoms with E-state index < -0.39 is 5.92 Å². The maximum atomic E-state index is 12.5. The molecule has 5 heteroatoms. The van der Waals surface area contributed by atoms with Crippen molar-refractivity contribution < 1.29 is 14.4 Å². The van der Waals surface area contributed by atoms with E-state index in [-0.39, 0.29) is 24.2 Å². The van der Waals surface area contributed by atoms with Crippen molar-refractivity contribution in [3.8, 4) is 0 Å². The number of carbonyl (C=O) groups is 3. The number of rotatable bonds is 6. The highest BCUT2D eigenvalue weighted by Gasteiger charge is 2.43. The van der Waals surface area contributed by atoms with Crippen LogP contribution in [0.1, 0.15) is 32.6 Å². The van der Waals surface area contributed by atoms with Crippen molar-refractivity contribution >= 4 is 35.4 Å². The molecule has 0 radical (unpaired) electrons. The van der Waals surface area contributed by atoms with Gasteiger partial charge < -0.3 is 4.79 Å². The maximum Gasteiger partial charge on any atom is 0.238 e. The first-order chi connectivity index (χ1) is 10.1. The Morgan fingerprint density at radius 3 is 2.57 bits per heavy atom. The van der Waals surface area contributed by atoms with Gasteiger partial charge in [0.1, 0.15) is 6.29 Å². The monoisotopic (exact) mass is 307 g/mol. The summed E-state index contributed by atoms with van der Waals surface area (Å²) in [4.78, 5) is 37.0. The van der Waals surface area contributed by atoms with Gasteiger partial charge in [-0.1, -0.05) is 31.4 Å². The first-order valence-corrected chi connectivity index (χ1v) is 7.54. The van der Waals surface area contributed by atoms with E-state index in [0.29, 0.717) is 17.1 Å². The molecule has 2 atom stereocenters. The lowest BCUT2D eigenvalue weighted by Crippen LogP contribution is -2.32. The van der Waals surface area contributed by atoms with Gasteiger partial charge in [-0.2, -0.15) is 0 Å². The summed E-state index contributed by atoms with van der Waals surface area (Å²) in [5.74, 6) is -1.44. The van der Waals surface area contributed by atoms with Crippen LogP contribution in [0.25, 0.3) is 0 Å². The second-order valence-corrected chi connectivity index (χ2v) is 5.73. The minimum Gasteiger partial charge on any atom is -0.303 e. The van der Waals surface area contributed by atoms with E-state index in [0.717, 1.165) is 19.1 Å². The van der Waals surface area contributed by atoms with Crippen LogP contribution in [0.3, 0.4) is 0 Å². The number of hydrogen-bond donors (Lipinski definition) is 0. The quantitative estimate of drug-likeness (QED) is 0.599. The molecule has 1 aromatic carbocycles. The molecule has 1 aromatic rings. The lowest BCUT2D eigenvalue weighted by atomic mass is 9.88. The molecule has 1 aliphatic rings. The van der Waals surface area contributed by atoms with Gasteiger partial charge in [0.25, 0.3) is 0 Å². The van der Waals surface area contributed by atoms with Crippen molar-refractivity contribution in [3.63, 3.8) is 0 Å². The molecule has 1 fully saturated rings. The Morgan fingerprint density at radius 2 is 2.00 bits per heavy atom. The van der Waals surface area contributed by atoms with Gasteiger partial charge in [0.2, 0.25) is 11.8 Å². The number of amides is 2. The molecule has 0 aromatic heterocycles. The van der Waals surface area contributed by atoms with Crippen LogP contribution in [-0.4, -0.2) is 18.1 Å². The molecule has 1 saturated heterocycles. The number of carbonyl (C=O) groups excluding carboxylic acids is 3. The third-order valence-electron chi connectivity index (χ3n) is 3.85. The Balaban J connectivity index is 2.19. The highest BCUT2D eigenvalue weighted by Crippen LogP contribution is 2.32. The maximum absolute atomic E-state index is 12.5. The number of hydrogen-bond acceptors (Lipinski definition) is 3. The summed E-state index contributed by atoms with van der Waals surface area (Å²) in [5, 5.41) is 0.545. The fraction of sp³-hybridized carbons (Fsp3) is 0.438. The molecule has 1 aliphatic heterocycles. The molecule has 2 rings (SSSR count). The topological polar surface area (TPSA) is 54.5 Å². The van der Waals surface area contributed by atoms with Gasteiger partial charge in [-0.15, -0.1) is 0 Å². The number of benzene rings is 1. The zero-order chi connectivity index (χ0) is 15.4. The Morgan fingerprint density at radius 1 is 1.33 bits per heavy atom. The van der Waals surface area contributed by atoms with Gasteiger partial charge in [0, 0.05) is 17.4 Å². The number of halogens is 1. The first-order valence-electron chi connectivity index (χ1n) is 7.16. The normalized spacial score (nSPS) is 19.9. The lowest BCUT2D eigenvalue weighted by molar-refractivity contribution is -0.125. The summed E-state index contributed by atoms with van der Waals surface area (Å²) >= 11 is 5.82. The number of aldehydes is 1. The van der Waals surface area contributed by atoms with Crippen molar-refractivity contribution in [3.05, 3.63) is 29.3 Å². The van der Waals surface area contributed by atoms with Crippen molar-refractivity contribution in [1.82, 2.24) is 0 Å². The van der Waals surface area contributed by atoms with Crippen molar-refractivity contribution in [2.45, 2.75) is 32.6 Å². The smallest absolute Gasteiger partial charge is 0.238 e. The summed E-state index contributed by atoms with van der Waals surface area (Å²) < 4.78 is 0. The summed E-state index contributed by atoms with van der Waals surface area (Å²) in [6.07, 6.45) is 3.41. The number of unbranched alkanes of at least 4 members (excludes halogenated alkanes) is 1. The van der Waals surface area contributed by atoms with Crippen LogP contribution >= 0.6 is 11.6 Å². The van der Waals surface area contributed by atoms with Crippen molar-refractivity contribution in [2.24, 2.45) is 11.8 Å². The molecular weight excluding hydrogens is 290 g/mol. The van der Waals surface area contributed by atoms with Gasteiger partial charge in [0.05, 0.1) is 11.6 Å². The summed E-state index contributed by atoms with van der Waals surface area (Å²) in [6.45, 7) is 2.03. The molecule has 4 nitrogen and oxygen atoms in total. The molecule has 2 amide bonds. The molecule has 0 aliphatic carbocycles. The Kier molecular flexibility index (Phi) is 5.12. The second-order valence-electron chi connectivity index (χ2n) is 5.30. The summed E-state index contributed by atoms with van der Waals surface area (Å²) in [6, 6.07) is 6.56. The van der Waals surface area contributed by atoms with Crippen LogP contribution in [0, 0.1) is 11.8 Å². The van der Waals surface area contributed by atoms with E-state index in [1.807, 2.05) is 6.92 Å². The van der Waals surface area contributed by atoms with E-state index in [4.69, 9.17) is 11.6 Å². The predicted octanol–water partition coefficient (Wildman–Crippen LogP) is 3.22. The summed E-state index contributed by atoms with van der Waals surface area (Å²) in [7, 11) is 0. The number of nitrogens with zero attached hydrogens (tertiary/aromatic N) is 1.